The first-order chi connectivity index (χ1) is 13.4. The van der Waals surface area contributed by atoms with Crippen LogP contribution in [0.3, 0.4) is 0 Å². The minimum Gasteiger partial charge on any atom is -0.351 e. The zero-order chi connectivity index (χ0) is 20.1. The second kappa shape index (κ2) is 8.71. The molecule has 8 heteroatoms. The van der Waals surface area contributed by atoms with Gasteiger partial charge in [0.1, 0.15) is 0 Å². The molecule has 1 aromatic heterocycles. The molecule has 1 N–H and O–H groups in total. The normalized spacial score (nSPS) is 10.6. The maximum Gasteiger partial charge on any atom is 0.269 e. The van der Waals surface area contributed by atoms with Gasteiger partial charge in [0.2, 0.25) is 5.91 Å². The molecule has 0 radical (unpaired) electrons. The SMILES string of the molecule is Cc1cc(C)cc(-n2ccnc2SCC(=O)NCc2ccc([N+](=O)[O-])cc2)c1. The van der Waals surface area contributed by atoms with Crippen molar-refractivity contribution < 1.29 is 9.72 Å². The first-order valence-corrected chi connectivity index (χ1v) is 9.66. The lowest BCUT2D eigenvalue weighted by Gasteiger charge is -2.10. The van der Waals surface area contributed by atoms with Crippen LogP contribution in [0.4, 0.5) is 5.69 Å². The topological polar surface area (TPSA) is 90.1 Å². The van der Waals surface area contributed by atoms with Crippen LogP contribution in [0.1, 0.15) is 16.7 Å². The molecule has 2 aromatic carbocycles. The fraction of sp³-hybridized carbons (Fsp3) is 0.200. The zero-order valence-electron chi connectivity index (χ0n) is 15.6. The van der Waals surface area contributed by atoms with Crippen molar-refractivity contribution in [2.24, 2.45) is 0 Å². The van der Waals surface area contributed by atoms with E-state index in [0.717, 1.165) is 16.4 Å². The van der Waals surface area contributed by atoms with Crippen molar-refractivity contribution in [1.29, 1.82) is 0 Å². The van der Waals surface area contributed by atoms with Crippen LogP contribution < -0.4 is 5.32 Å². The summed E-state index contributed by atoms with van der Waals surface area (Å²) in [7, 11) is 0. The van der Waals surface area contributed by atoms with E-state index in [0.29, 0.717) is 6.54 Å². The lowest BCUT2D eigenvalue weighted by molar-refractivity contribution is -0.384. The van der Waals surface area contributed by atoms with E-state index in [1.54, 1.807) is 18.3 Å². The molecule has 3 aromatic rings. The van der Waals surface area contributed by atoms with Crippen molar-refractivity contribution in [1.82, 2.24) is 14.9 Å². The fourth-order valence-corrected chi connectivity index (χ4v) is 3.60. The van der Waals surface area contributed by atoms with E-state index in [9.17, 15) is 14.9 Å². The third kappa shape index (κ3) is 4.98. The minimum absolute atomic E-state index is 0.0313. The maximum atomic E-state index is 12.2. The van der Waals surface area contributed by atoms with E-state index in [2.05, 4.69) is 28.5 Å². The Kier molecular flexibility index (Phi) is 6.10. The van der Waals surface area contributed by atoms with E-state index in [1.165, 1.54) is 35.0 Å². The smallest absolute Gasteiger partial charge is 0.269 e. The number of amides is 1. The van der Waals surface area contributed by atoms with Crippen molar-refractivity contribution in [3.8, 4) is 5.69 Å². The van der Waals surface area contributed by atoms with Gasteiger partial charge in [0.25, 0.3) is 5.69 Å². The van der Waals surface area contributed by atoms with E-state index in [-0.39, 0.29) is 17.3 Å². The minimum atomic E-state index is -0.448. The number of carbonyl (C=O) groups excluding carboxylic acids is 1. The quantitative estimate of drug-likeness (QED) is 0.373. The molecular formula is C20H20N4O3S. The van der Waals surface area contributed by atoms with Gasteiger partial charge < -0.3 is 5.32 Å². The summed E-state index contributed by atoms with van der Waals surface area (Å²) in [6.07, 6.45) is 3.60. The second-order valence-corrected chi connectivity index (χ2v) is 7.36. The first kappa shape index (κ1) is 19.6. The summed E-state index contributed by atoms with van der Waals surface area (Å²) in [5.74, 6) is 0.104. The molecule has 0 aliphatic carbocycles. The highest BCUT2D eigenvalue weighted by Gasteiger charge is 2.10. The van der Waals surface area contributed by atoms with Crippen LogP contribution in [0.15, 0.2) is 60.0 Å². The van der Waals surface area contributed by atoms with Crippen molar-refractivity contribution in [3.05, 3.63) is 81.7 Å². The van der Waals surface area contributed by atoms with Gasteiger partial charge in [-0.15, -0.1) is 0 Å². The molecule has 1 amide bonds. The summed E-state index contributed by atoms with van der Waals surface area (Å²) in [4.78, 5) is 26.7. The molecule has 0 spiro atoms. The van der Waals surface area contributed by atoms with Gasteiger partial charge >= 0.3 is 0 Å². The average molecular weight is 396 g/mol. The zero-order valence-corrected chi connectivity index (χ0v) is 16.4. The molecule has 144 valence electrons. The van der Waals surface area contributed by atoms with E-state index < -0.39 is 4.92 Å². The van der Waals surface area contributed by atoms with Crippen LogP contribution in [0.25, 0.3) is 5.69 Å². The lowest BCUT2D eigenvalue weighted by atomic mass is 10.1. The number of hydrogen-bond donors (Lipinski definition) is 1. The molecule has 3 rings (SSSR count). The van der Waals surface area contributed by atoms with Crippen molar-refractivity contribution >= 4 is 23.4 Å². The third-order valence-electron chi connectivity index (χ3n) is 4.06. The number of thioether (sulfide) groups is 1. The van der Waals surface area contributed by atoms with Crippen LogP contribution in [-0.2, 0) is 11.3 Å². The summed E-state index contributed by atoms with van der Waals surface area (Å²) < 4.78 is 1.97. The predicted octanol–water partition coefficient (Wildman–Crippen LogP) is 3.81. The largest absolute Gasteiger partial charge is 0.351 e. The number of aromatic nitrogens is 2. The Hall–Kier alpha value is -3.13. The molecule has 7 nitrogen and oxygen atoms in total. The Balaban J connectivity index is 1.57. The van der Waals surface area contributed by atoms with Crippen molar-refractivity contribution in [2.45, 2.75) is 25.5 Å². The standard InChI is InChI=1S/C20H20N4O3S/c1-14-9-15(2)11-18(10-14)23-8-7-21-20(23)28-13-19(25)22-12-16-3-5-17(6-4-16)24(26)27/h3-11H,12-13H2,1-2H3,(H,22,25). The highest BCUT2D eigenvalue weighted by Crippen LogP contribution is 2.22. The Bertz CT molecular complexity index is 979. The van der Waals surface area contributed by atoms with Gasteiger partial charge in [-0.2, -0.15) is 0 Å². The van der Waals surface area contributed by atoms with E-state index in [4.69, 9.17) is 0 Å². The van der Waals surface area contributed by atoms with E-state index >= 15 is 0 Å². The Morgan fingerprint density at radius 3 is 2.50 bits per heavy atom. The number of hydrogen-bond acceptors (Lipinski definition) is 5. The predicted molar refractivity (Wildman–Crippen MR) is 109 cm³/mol. The molecule has 0 bridgehead atoms. The summed E-state index contributed by atoms with van der Waals surface area (Å²) in [5, 5.41) is 14.2. The number of nitrogens with one attached hydrogen (secondary N) is 1. The molecule has 0 fully saturated rings. The molecule has 0 saturated heterocycles. The van der Waals surface area contributed by atoms with Crippen LogP contribution in [0.2, 0.25) is 0 Å². The molecule has 0 atom stereocenters. The van der Waals surface area contributed by atoms with Gasteiger partial charge in [0.05, 0.1) is 10.7 Å². The van der Waals surface area contributed by atoms with Crippen LogP contribution >= 0.6 is 11.8 Å². The molecular weight excluding hydrogens is 376 g/mol. The van der Waals surface area contributed by atoms with Crippen LogP contribution in [0, 0.1) is 24.0 Å². The summed E-state index contributed by atoms with van der Waals surface area (Å²) in [6.45, 7) is 4.42. The Labute approximate surface area is 166 Å². The average Bonchev–Trinajstić information content (AvgIpc) is 3.13. The lowest BCUT2D eigenvalue weighted by Crippen LogP contribution is -2.24. The highest BCUT2D eigenvalue weighted by atomic mass is 32.2. The molecule has 1 heterocycles. The van der Waals surface area contributed by atoms with Gasteiger partial charge in [-0.3, -0.25) is 19.5 Å². The second-order valence-electron chi connectivity index (χ2n) is 6.41. The number of aryl methyl sites for hydroxylation is 2. The van der Waals surface area contributed by atoms with Crippen molar-refractivity contribution in [2.75, 3.05) is 5.75 Å². The van der Waals surface area contributed by atoms with Crippen molar-refractivity contribution in [3.63, 3.8) is 0 Å². The molecule has 28 heavy (non-hydrogen) atoms. The number of imidazole rings is 1. The fourth-order valence-electron chi connectivity index (χ4n) is 2.80. The number of nitro groups is 1. The van der Waals surface area contributed by atoms with Crippen LogP contribution in [0.5, 0.6) is 0 Å². The Morgan fingerprint density at radius 2 is 1.86 bits per heavy atom. The monoisotopic (exact) mass is 396 g/mol. The Morgan fingerprint density at radius 1 is 1.18 bits per heavy atom. The third-order valence-corrected chi connectivity index (χ3v) is 5.03. The van der Waals surface area contributed by atoms with E-state index in [1.807, 2.05) is 24.6 Å². The van der Waals surface area contributed by atoms with Crippen LogP contribution in [-0.4, -0.2) is 26.1 Å². The van der Waals surface area contributed by atoms with Gasteiger partial charge in [-0.25, -0.2) is 4.98 Å². The number of non-ortho nitro benzene ring substituents is 1. The van der Waals surface area contributed by atoms with Gasteiger partial charge in [0.15, 0.2) is 5.16 Å². The first-order valence-electron chi connectivity index (χ1n) is 8.67. The highest BCUT2D eigenvalue weighted by molar-refractivity contribution is 7.99. The summed E-state index contributed by atoms with van der Waals surface area (Å²) >= 11 is 1.36. The summed E-state index contributed by atoms with van der Waals surface area (Å²) in [5.41, 5.74) is 4.19. The molecule has 0 aliphatic heterocycles. The molecule has 0 aliphatic rings. The number of benzene rings is 2. The number of carbonyl (C=O) groups is 1. The maximum absolute atomic E-state index is 12.2. The molecule has 0 saturated carbocycles. The number of rotatable bonds is 7. The number of nitro benzene ring substituents is 1. The summed E-state index contributed by atoms with van der Waals surface area (Å²) in [6, 6.07) is 12.4. The van der Waals surface area contributed by atoms with Gasteiger partial charge in [-0.05, 0) is 42.7 Å². The number of nitrogens with zero attached hydrogens (tertiary/aromatic N) is 3. The van der Waals surface area contributed by atoms with Gasteiger partial charge in [0, 0.05) is 36.8 Å². The van der Waals surface area contributed by atoms with Gasteiger partial charge in [-0.1, -0.05) is 30.0 Å². The molecule has 0 unspecified atom stereocenters.